The number of benzene rings is 1. The van der Waals surface area contributed by atoms with Crippen molar-refractivity contribution in [2.75, 3.05) is 5.88 Å². The lowest BCUT2D eigenvalue weighted by atomic mass is 9.94. The fourth-order valence-corrected chi connectivity index (χ4v) is 3.13. The maximum Gasteiger partial charge on any atom is 0.0223 e. The lowest BCUT2D eigenvalue weighted by Crippen LogP contribution is -1.94. The van der Waals surface area contributed by atoms with Gasteiger partial charge in [0, 0.05) is 5.88 Å². The van der Waals surface area contributed by atoms with E-state index in [9.17, 15) is 0 Å². The number of hydrogen-bond donors (Lipinski definition) is 0. The lowest BCUT2D eigenvalue weighted by Gasteiger charge is -2.11. The molecule has 0 aromatic heterocycles. The minimum Gasteiger partial charge on any atom is -0.127 e. The lowest BCUT2D eigenvalue weighted by molar-refractivity contribution is 0.551. The maximum atomic E-state index is 5.69. The van der Waals surface area contributed by atoms with Gasteiger partial charge >= 0.3 is 0 Å². The van der Waals surface area contributed by atoms with Gasteiger partial charge < -0.3 is 0 Å². The summed E-state index contributed by atoms with van der Waals surface area (Å²) >= 11 is 5.69. The van der Waals surface area contributed by atoms with Gasteiger partial charge in [-0.3, -0.25) is 0 Å². The van der Waals surface area contributed by atoms with Crippen molar-refractivity contribution in [2.24, 2.45) is 0 Å². The highest BCUT2D eigenvalue weighted by Gasteiger charge is 2.21. The molecule has 17 heavy (non-hydrogen) atoms. The van der Waals surface area contributed by atoms with Gasteiger partial charge in [0.1, 0.15) is 0 Å². The Morgan fingerprint density at radius 2 is 2.00 bits per heavy atom. The summed E-state index contributed by atoms with van der Waals surface area (Å²) in [6, 6.07) is 6.99. The van der Waals surface area contributed by atoms with E-state index in [2.05, 4.69) is 25.1 Å². The number of rotatable bonds is 6. The van der Waals surface area contributed by atoms with Crippen molar-refractivity contribution >= 4 is 11.6 Å². The van der Waals surface area contributed by atoms with Gasteiger partial charge in [-0.2, -0.15) is 0 Å². The number of unbranched alkanes of at least 4 members (excludes halogenated alkanes) is 3. The van der Waals surface area contributed by atoms with Crippen molar-refractivity contribution in [3.63, 3.8) is 0 Å². The van der Waals surface area contributed by atoms with Crippen LogP contribution in [0.15, 0.2) is 18.2 Å². The monoisotopic (exact) mass is 250 g/mol. The van der Waals surface area contributed by atoms with E-state index in [1.165, 1.54) is 50.5 Å². The molecule has 0 saturated heterocycles. The van der Waals surface area contributed by atoms with Crippen molar-refractivity contribution in [1.82, 2.24) is 0 Å². The largest absolute Gasteiger partial charge is 0.127 e. The van der Waals surface area contributed by atoms with E-state index < -0.39 is 0 Å². The highest BCUT2D eigenvalue weighted by atomic mass is 35.5. The predicted octanol–water partition coefficient (Wildman–Crippen LogP) is 5.21. The number of aryl methyl sites for hydroxylation is 2. The van der Waals surface area contributed by atoms with Crippen LogP contribution in [0.1, 0.15) is 61.1 Å². The number of alkyl halides is 1. The van der Waals surface area contributed by atoms with E-state index in [1.807, 2.05) is 0 Å². The topological polar surface area (TPSA) is 0 Å². The number of hydrogen-bond acceptors (Lipinski definition) is 0. The van der Waals surface area contributed by atoms with Crippen LogP contribution in [0, 0.1) is 6.92 Å². The minimum absolute atomic E-state index is 0.825. The molecule has 0 unspecified atom stereocenters. The second-order valence-electron chi connectivity index (χ2n) is 5.33. The molecular weight excluding hydrogens is 228 g/mol. The first kappa shape index (κ1) is 13.0. The molecule has 0 radical (unpaired) electrons. The van der Waals surface area contributed by atoms with Crippen LogP contribution in [0.2, 0.25) is 0 Å². The smallest absolute Gasteiger partial charge is 0.0223 e. The van der Waals surface area contributed by atoms with E-state index in [-0.39, 0.29) is 0 Å². The number of fused-ring (bicyclic) bond motifs is 1. The van der Waals surface area contributed by atoms with Crippen LogP contribution >= 0.6 is 11.6 Å². The fourth-order valence-electron chi connectivity index (χ4n) is 2.95. The van der Waals surface area contributed by atoms with E-state index in [0.717, 1.165) is 11.8 Å². The van der Waals surface area contributed by atoms with Gasteiger partial charge in [0.25, 0.3) is 0 Å². The molecule has 0 bridgehead atoms. The predicted molar refractivity (Wildman–Crippen MR) is 76.0 cm³/mol. The van der Waals surface area contributed by atoms with Crippen LogP contribution in [0.25, 0.3) is 0 Å². The standard InChI is InChI=1S/C16H23Cl/c1-13-7-8-15-10-9-14(16(15)12-13)6-4-2-3-5-11-17/h7-8,12,14H,2-6,9-11H2,1H3/t14-/m0/s1. The van der Waals surface area contributed by atoms with Crippen molar-refractivity contribution < 1.29 is 0 Å². The normalized spacial score (nSPS) is 18.4. The molecule has 0 fully saturated rings. The van der Waals surface area contributed by atoms with Crippen molar-refractivity contribution in [3.8, 4) is 0 Å². The minimum atomic E-state index is 0.825. The summed E-state index contributed by atoms with van der Waals surface area (Å²) in [5, 5.41) is 0. The van der Waals surface area contributed by atoms with Crippen LogP contribution in [0.3, 0.4) is 0 Å². The molecule has 0 amide bonds. The summed E-state index contributed by atoms with van der Waals surface area (Å²) in [4.78, 5) is 0. The van der Waals surface area contributed by atoms with Gasteiger partial charge in [-0.1, -0.05) is 43.0 Å². The molecule has 0 heterocycles. The van der Waals surface area contributed by atoms with Crippen LogP contribution in [-0.2, 0) is 6.42 Å². The van der Waals surface area contributed by atoms with Crippen LogP contribution in [0.4, 0.5) is 0 Å². The van der Waals surface area contributed by atoms with E-state index in [1.54, 1.807) is 11.1 Å². The Labute approximate surface area is 110 Å². The zero-order valence-electron chi connectivity index (χ0n) is 10.8. The summed E-state index contributed by atoms with van der Waals surface area (Å²) in [6.07, 6.45) is 9.24. The molecule has 0 nitrogen and oxygen atoms in total. The Hall–Kier alpha value is -0.490. The first-order valence-electron chi connectivity index (χ1n) is 6.96. The van der Waals surface area contributed by atoms with Crippen LogP contribution in [0.5, 0.6) is 0 Å². The Bertz CT molecular complexity index is 357. The third kappa shape index (κ3) is 3.48. The van der Waals surface area contributed by atoms with E-state index in [4.69, 9.17) is 11.6 Å². The Balaban J connectivity index is 1.82. The molecule has 1 heteroatoms. The fraction of sp³-hybridized carbons (Fsp3) is 0.625. The number of halogens is 1. The summed E-state index contributed by atoms with van der Waals surface area (Å²) in [6.45, 7) is 2.20. The molecule has 1 atom stereocenters. The van der Waals surface area contributed by atoms with Gasteiger partial charge in [-0.25, -0.2) is 0 Å². The van der Waals surface area contributed by atoms with Crippen molar-refractivity contribution in [3.05, 3.63) is 34.9 Å². The zero-order chi connectivity index (χ0) is 12.1. The first-order chi connectivity index (χ1) is 8.31. The van der Waals surface area contributed by atoms with E-state index in [0.29, 0.717) is 0 Å². The molecule has 1 aliphatic rings. The molecular formula is C16H23Cl. The molecule has 0 N–H and O–H groups in total. The molecule has 1 aromatic rings. The summed E-state index contributed by atoms with van der Waals surface area (Å²) in [7, 11) is 0. The maximum absolute atomic E-state index is 5.69. The molecule has 0 spiro atoms. The second kappa shape index (κ2) is 6.44. The molecule has 1 aliphatic carbocycles. The molecule has 0 aliphatic heterocycles. The van der Waals surface area contributed by atoms with Crippen LogP contribution in [-0.4, -0.2) is 5.88 Å². The summed E-state index contributed by atoms with van der Waals surface area (Å²) < 4.78 is 0. The summed E-state index contributed by atoms with van der Waals surface area (Å²) in [5.41, 5.74) is 4.65. The van der Waals surface area contributed by atoms with Gasteiger partial charge in [-0.05, 0) is 49.7 Å². The third-order valence-electron chi connectivity index (χ3n) is 3.94. The van der Waals surface area contributed by atoms with Gasteiger partial charge in [0.2, 0.25) is 0 Å². The van der Waals surface area contributed by atoms with Crippen molar-refractivity contribution in [2.45, 2.75) is 57.8 Å². The Morgan fingerprint density at radius 3 is 2.82 bits per heavy atom. The second-order valence-corrected chi connectivity index (χ2v) is 5.71. The average molecular weight is 251 g/mol. The quantitative estimate of drug-likeness (QED) is 0.480. The van der Waals surface area contributed by atoms with Crippen molar-refractivity contribution in [1.29, 1.82) is 0 Å². The Morgan fingerprint density at radius 1 is 1.18 bits per heavy atom. The molecule has 1 aromatic carbocycles. The average Bonchev–Trinajstić information content (AvgIpc) is 2.72. The zero-order valence-corrected chi connectivity index (χ0v) is 11.6. The summed E-state index contributed by atoms with van der Waals surface area (Å²) in [5.74, 6) is 1.66. The first-order valence-corrected chi connectivity index (χ1v) is 7.50. The third-order valence-corrected chi connectivity index (χ3v) is 4.21. The van der Waals surface area contributed by atoms with Gasteiger partial charge in [0.15, 0.2) is 0 Å². The van der Waals surface area contributed by atoms with Crippen LogP contribution < -0.4 is 0 Å². The Kier molecular flexibility index (Phi) is 4.91. The molecule has 0 saturated carbocycles. The van der Waals surface area contributed by atoms with E-state index >= 15 is 0 Å². The highest BCUT2D eigenvalue weighted by molar-refractivity contribution is 6.17. The molecule has 2 rings (SSSR count). The van der Waals surface area contributed by atoms with Gasteiger partial charge in [-0.15, -0.1) is 11.6 Å². The van der Waals surface area contributed by atoms with Gasteiger partial charge in [0.05, 0.1) is 0 Å². The highest BCUT2D eigenvalue weighted by Crippen LogP contribution is 2.37. The SMILES string of the molecule is Cc1ccc2c(c1)[C@@H](CCCCCCCl)CC2. The molecule has 94 valence electrons.